The minimum absolute atomic E-state index is 0.192. The Morgan fingerprint density at radius 2 is 1.24 bits per heavy atom. The van der Waals surface area contributed by atoms with Crippen LogP contribution >= 0.6 is 0 Å². The summed E-state index contributed by atoms with van der Waals surface area (Å²) in [7, 11) is 0. The highest BCUT2D eigenvalue weighted by Gasteiger charge is 2.31. The molecule has 4 rings (SSSR count). The van der Waals surface area contributed by atoms with Crippen LogP contribution in [0.5, 0.6) is 0 Å². The standard InChI is InChI=1S/C33H45F3O/c1-3-5-24-7-13-27(14-8-24)28-17-11-26(12-18-28)22-33(35,36)37-23-31-20-19-30(21-32(31)34)29-15-9-25(6-4-2)10-16-29/h11-12,17-21,24-25,27,29H,3-10,13-16,22-23H2,1-2H3. The lowest BCUT2D eigenvalue weighted by atomic mass is 9.77. The maximum absolute atomic E-state index is 14.8. The maximum Gasteiger partial charge on any atom is 0.360 e. The fourth-order valence-corrected chi connectivity index (χ4v) is 6.70. The van der Waals surface area contributed by atoms with Crippen LogP contribution < -0.4 is 0 Å². The van der Waals surface area contributed by atoms with Crippen molar-refractivity contribution in [2.75, 3.05) is 0 Å². The van der Waals surface area contributed by atoms with Gasteiger partial charge in [-0.1, -0.05) is 75.9 Å². The van der Waals surface area contributed by atoms with Gasteiger partial charge in [-0.15, -0.1) is 0 Å². The molecule has 0 radical (unpaired) electrons. The first kappa shape index (κ1) is 28.2. The first-order valence-corrected chi connectivity index (χ1v) is 14.8. The lowest BCUT2D eigenvalue weighted by Crippen LogP contribution is -2.24. The van der Waals surface area contributed by atoms with Gasteiger partial charge in [0.05, 0.1) is 13.0 Å². The number of halogens is 3. The molecule has 0 heterocycles. The molecule has 2 aromatic carbocycles. The predicted molar refractivity (Wildman–Crippen MR) is 145 cm³/mol. The number of ether oxygens (including phenoxy) is 1. The molecule has 0 amide bonds. The molecular weight excluding hydrogens is 469 g/mol. The molecule has 0 aliphatic heterocycles. The first-order chi connectivity index (χ1) is 17.9. The van der Waals surface area contributed by atoms with Crippen molar-refractivity contribution in [2.24, 2.45) is 11.8 Å². The van der Waals surface area contributed by atoms with Crippen LogP contribution in [0.3, 0.4) is 0 Å². The zero-order valence-electron chi connectivity index (χ0n) is 22.8. The molecule has 2 aliphatic rings. The summed E-state index contributed by atoms with van der Waals surface area (Å²) in [6.45, 7) is 4.04. The number of benzene rings is 2. The second-order valence-corrected chi connectivity index (χ2v) is 11.7. The highest BCUT2D eigenvalue weighted by molar-refractivity contribution is 5.28. The SMILES string of the molecule is CCCC1CCC(c2ccc(CC(F)(F)OCc3ccc(C4CCC(CCC)CC4)cc3F)cc2)CC1. The zero-order valence-corrected chi connectivity index (χ0v) is 22.8. The summed E-state index contributed by atoms with van der Waals surface area (Å²) >= 11 is 0. The summed E-state index contributed by atoms with van der Waals surface area (Å²) in [5.41, 5.74) is 2.98. The number of rotatable bonds is 11. The zero-order chi connectivity index (χ0) is 26.3. The van der Waals surface area contributed by atoms with E-state index < -0.39 is 25.0 Å². The molecular formula is C33H45F3O. The predicted octanol–water partition coefficient (Wildman–Crippen LogP) is 10.3. The minimum Gasteiger partial charge on any atom is -0.315 e. The Bertz CT molecular complexity index is 954. The van der Waals surface area contributed by atoms with Gasteiger partial charge in [0.2, 0.25) is 0 Å². The molecule has 2 saturated carbocycles. The van der Waals surface area contributed by atoms with Gasteiger partial charge in [0.25, 0.3) is 0 Å². The van der Waals surface area contributed by atoms with Crippen LogP contribution in [0.25, 0.3) is 0 Å². The Hall–Kier alpha value is -1.81. The van der Waals surface area contributed by atoms with E-state index in [9.17, 15) is 13.2 Å². The van der Waals surface area contributed by atoms with Gasteiger partial charge in [-0.25, -0.2) is 4.39 Å². The van der Waals surface area contributed by atoms with Crippen molar-refractivity contribution in [3.05, 3.63) is 70.5 Å². The molecule has 2 aliphatic carbocycles. The monoisotopic (exact) mass is 514 g/mol. The van der Waals surface area contributed by atoms with Gasteiger partial charge in [0, 0.05) is 5.56 Å². The molecule has 204 valence electrons. The van der Waals surface area contributed by atoms with Crippen LogP contribution in [0.1, 0.15) is 125 Å². The molecule has 2 fully saturated rings. The highest BCUT2D eigenvalue weighted by Crippen LogP contribution is 2.39. The second kappa shape index (κ2) is 13.3. The lowest BCUT2D eigenvalue weighted by Gasteiger charge is -2.29. The Balaban J connectivity index is 1.26. The van der Waals surface area contributed by atoms with E-state index in [0.29, 0.717) is 17.4 Å². The van der Waals surface area contributed by atoms with Crippen LogP contribution in [0.2, 0.25) is 0 Å². The maximum atomic E-state index is 14.8. The average molecular weight is 515 g/mol. The Kier molecular flexibility index (Phi) is 10.1. The van der Waals surface area contributed by atoms with E-state index in [4.69, 9.17) is 4.74 Å². The van der Waals surface area contributed by atoms with Crippen molar-refractivity contribution in [1.29, 1.82) is 0 Å². The van der Waals surface area contributed by atoms with Crippen LogP contribution in [-0.2, 0) is 17.8 Å². The third-order valence-corrected chi connectivity index (χ3v) is 8.94. The number of hydrogen-bond acceptors (Lipinski definition) is 1. The van der Waals surface area contributed by atoms with Crippen LogP contribution in [0, 0.1) is 17.7 Å². The topological polar surface area (TPSA) is 9.23 Å². The van der Waals surface area contributed by atoms with Gasteiger partial charge in [-0.2, -0.15) is 8.78 Å². The van der Waals surface area contributed by atoms with E-state index in [2.05, 4.69) is 13.8 Å². The summed E-state index contributed by atoms with van der Waals surface area (Å²) in [4.78, 5) is 0. The van der Waals surface area contributed by atoms with E-state index in [1.807, 2.05) is 18.2 Å². The Morgan fingerprint density at radius 3 is 1.76 bits per heavy atom. The van der Waals surface area contributed by atoms with Crippen molar-refractivity contribution in [1.82, 2.24) is 0 Å². The van der Waals surface area contributed by atoms with Crippen LogP contribution in [0.15, 0.2) is 42.5 Å². The fraction of sp³-hybridized carbons (Fsp3) is 0.636. The third-order valence-electron chi connectivity index (χ3n) is 8.94. The number of alkyl halides is 2. The van der Waals surface area contributed by atoms with E-state index in [1.54, 1.807) is 18.2 Å². The largest absolute Gasteiger partial charge is 0.360 e. The average Bonchev–Trinajstić information content (AvgIpc) is 2.90. The van der Waals surface area contributed by atoms with Crippen molar-refractivity contribution >= 4 is 0 Å². The summed E-state index contributed by atoms with van der Waals surface area (Å²) in [5, 5.41) is 0. The molecule has 0 bridgehead atoms. The molecule has 2 aromatic rings. The van der Waals surface area contributed by atoms with E-state index in [0.717, 1.165) is 30.2 Å². The third kappa shape index (κ3) is 8.09. The Labute approximate surface area is 222 Å². The summed E-state index contributed by atoms with van der Waals surface area (Å²) in [6, 6.07) is 12.7. The van der Waals surface area contributed by atoms with Crippen molar-refractivity contribution in [2.45, 2.75) is 122 Å². The molecule has 37 heavy (non-hydrogen) atoms. The van der Waals surface area contributed by atoms with Crippen molar-refractivity contribution < 1.29 is 17.9 Å². The normalized spacial score (nSPS) is 24.8. The van der Waals surface area contributed by atoms with Crippen molar-refractivity contribution in [3.8, 4) is 0 Å². The molecule has 0 atom stereocenters. The van der Waals surface area contributed by atoms with Gasteiger partial charge in [0.15, 0.2) is 0 Å². The second-order valence-electron chi connectivity index (χ2n) is 11.7. The minimum atomic E-state index is -3.34. The number of hydrogen-bond donors (Lipinski definition) is 0. The van der Waals surface area contributed by atoms with Gasteiger partial charge >= 0.3 is 6.11 Å². The lowest BCUT2D eigenvalue weighted by molar-refractivity contribution is -0.244. The molecule has 1 nitrogen and oxygen atoms in total. The quantitative estimate of drug-likeness (QED) is 0.290. The van der Waals surface area contributed by atoms with Gasteiger partial charge in [-0.05, 0) is 97.8 Å². The van der Waals surface area contributed by atoms with Crippen LogP contribution in [0.4, 0.5) is 13.2 Å². The van der Waals surface area contributed by atoms with Gasteiger partial charge in [-0.3, -0.25) is 0 Å². The Morgan fingerprint density at radius 1 is 0.730 bits per heavy atom. The molecule has 0 N–H and O–H groups in total. The smallest absolute Gasteiger partial charge is 0.315 e. The van der Waals surface area contributed by atoms with E-state index in [1.165, 1.54) is 75.8 Å². The van der Waals surface area contributed by atoms with Gasteiger partial charge in [0.1, 0.15) is 5.82 Å². The molecule has 0 aromatic heterocycles. The highest BCUT2D eigenvalue weighted by atomic mass is 19.3. The van der Waals surface area contributed by atoms with Crippen LogP contribution in [-0.4, -0.2) is 6.11 Å². The fourth-order valence-electron chi connectivity index (χ4n) is 6.70. The summed E-state index contributed by atoms with van der Waals surface area (Å²) < 4.78 is 48.9. The molecule has 0 unspecified atom stereocenters. The molecule has 0 saturated heterocycles. The van der Waals surface area contributed by atoms with E-state index >= 15 is 0 Å². The van der Waals surface area contributed by atoms with Crippen molar-refractivity contribution in [3.63, 3.8) is 0 Å². The van der Waals surface area contributed by atoms with E-state index in [-0.39, 0.29) is 5.56 Å². The summed E-state index contributed by atoms with van der Waals surface area (Å²) in [6.07, 6.45) is 10.7. The first-order valence-electron chi connectivity index (χ1n) is 14.8. The molecule has 0 spiro atoms. The molecule has 4 heteroatoms. The summed E-state index contributed by atoms with van der Waals surface area (Å²) in [5.74, 6) is 2.11. The van der Waals surface area contributed by atoms with Gasteiger partial charge < -0.3 is 4.74 Å².